The Morgan fingerprint density at radius 2 is 1.63 bits per heavy atom. The van der Waals surface area contributed by atoms with Gasteiger partial charge in [-0.25, -0.2) is 4.39 Å². The maximum atomic E-state index is 13.7. The van der Waals surface area contributed by atoms with Crippen LogP contribution in [0.5, 0.6) is 0 Å². The van der Waals surface area contributed by atoms with Crippen LogP contribution in [0.15, 0.2) is 30.3 Å². The summed E-state index contributed by atoms with van der Waals surface area (Å²) in [5.41, 5.74) is 4.38. The van der Waals surface area contributed by atoms with Crippen molar-refractivity contribution in [3.05, 3.63) is 69.0 Å². The van der Waals surface area contributed by atoms with Gasteiger partial charge in [0.2, 0.25) is 0 Å². The second-order valence-corrected chi connectivity index (χ2v) is 6.10. The molecule has 0 nitrogen and oxygen atoms in total. The number of halogens is 3. The predicted molar refractivity (Wildman–Crippen MR) is 82.8 cm³/mol. The van der Waals surface area contributed by atoms with Crippen LogP contribution in [-0.4, -0.2) is 0 Å². The standard InChI is InChI=1S/C16H15BrClF/c1-9-5-4-6-13(15(9)18)14(17)12-7-10(2)16(19)11(3)8-12/h4-8,14H,1-3H3. The van der Waals surface area contributed by atoms with E-state index in [1.54, 1.807) is 13.8 Å². The van der Waals surface area contributed by atoms with Crippen molar-refractivity contribution in [2.75, 3.05) is 0 Å². The third-order valence-electron chi connectivity index (χ3n) is 3.25. The quantitative estimate of drug-likeness (QED) is 0.598. The number of benzene rings is 2. The van der Waals surface area contributed by atoms with Crippen LogP contribution in [0, 0.1) is 26.6 Å². The van der Waals surface area contributed by atoms with Gasteiger partial charge in [-0.3, -0.25) is 0 Å². The maximum Gasteiger partial charge on any atom is 0.129 e. The van der Waals surface area contributed by atoms with Gasteiger partial charge in [-0.2, -0.15) is 0 Å². The van der Waals surface area contributed by atoms with Crippen LogP contribution in [0.3, 0.4) is 0 Å². The molecule has 0 aliphatic rings. The second-order valence-electron chi connectivity index (χ2n) is 4.81. The maximum absolute atomic E-state index is 13.7. The fraction of sp³-hybridized carbons (Fsp3) is 0.250. The molecule has 2 aromatic rings. The van der Waals surface area contributed by atoms with Crippen molar-refractivity contribution in [2.24, 2.45) is 0 Å². The van der Waals surface area contributed by atoms with E-state index < -0.39 is 0 Å². The Balaban J connectivity index is 2.50. The molecular formula is C16H15BrClF. The molecule has 0 saturated carbocycles. The summed E-state index contributed by atoms with van der Waals surface area (Å²) >= 11 is 10.0. The van der Waals surface area contributed by atoms with Crippen LogP contribution in [0.1, 0.15) is 32.6 Å². The number of rotatable bonds is 2. The third-order valence-corrected chi connectivity index (χ3v) is 4.78. The molecule has 0 heterocycles. The molecule has 0 aromatic heterocycles. The van der Waals surface area contributed by atoms with E-state index in [1.165, 1.54) is 0 Å². The first-order valence-electron chi connectivity index (χ1n) is 6.07. The molecular weight excluding hydrogens is 327 g/mol. The van der Waals surface area contributed by atoms with E-state index in [0.717, 1.165) is 21.7 Å². The highest BCUT2D eigenvalue weighted by Crippen LogP contribution is 2.37. The lowest BCUT2D eigenvalue weighted by atomic mass is 9.99. The zero-order valence-corrected chi connectivity index (χ0v) is 13.4. The smallest absolute Gasteiger partial charge is 0.129 e. The van der Waals surface area contributed by atoms with Crippen molar-refractivity contribution < 1.29 is 4.39 Å². The van der Waals surface area contributed by atoms with Crippen LogP contribution in [-0.2, 0) is 0 Å². The summed E-state index contributed by atoms with van der Waals surface area (Å²) in [7, 11) is 0. The summed E-state index contributed by atoms with van der Waals surface area (Å²) in [6, 6.07) is 9.67. The zero-order chi connectivity index (χ0) is 14.2. The zero-order valence-electron chi connectivity index (χ0n) is 11.1. The molecule has 3 heteroatoms. The van der Waals surface area contributed by atoms with Gasteiger partial charge in [0.05, 0.1) is 4.83 Å². The molecule has 0 fully saturated rings. The van der Waals surface area contributed by atoms with Gasteiger partial charge in [-0.05, 0) is 48.6 Å². The van der Waals surface area contributed by atoms with Crippen LogP contribution in [0.4, 0.5) is 4.39 Å². The lowest BCUT2D eigenvalue weighted by Crippen LogP contribution is -1.98. The SMILES string of the molecule is Cc1cc(C(Br)c2cccc(C)c2Cl)cc(C)c1F. The highest BCUT2D eigenvalue weighted by Gasteiger charge is 2.16. The summed E-state index contributed by atoms with van der Waals surface area (Å²) in [4.78, 5) is -0.0297. The first-order valence-corrected chi connectivity index (χ1v) is 7.37. The predicted octanol–water partition coefficient (Wildman–Crippen LogP) is 5.89. The number of hydrogen-bond donors (Lipinski definition) is 0. The molecule has 2 aromatic carbocycles. The second kappa shape index (κ2) is 5.64. The Morgan fingerprint density at radius 1 is 1.05 bits per heavy atom. The van der Waals surface area contributed by atoms with Gasteiger partial charge in [0, 0.05) is 5.02 Å². The Hall–Kier alpha value is -0.860. The average Bonchev–Trinajstić information content (AvgIpc) is 2.38. The molecule has 2 rings (SSSR count). The average molecular weight is 342 g/mol. The minimum Gasteiger partial charge on any atom is -0.206 e. The van der Waals surface area contributed by atoms with E-state index in [0.29, 0.717) is 11.1 Å². The molecule has 0 spiro atoms. The topological polar surface area (TPSA) is 0 Å². The molecule has 0 aliphatic heterocycles. The number of hydrogen-bond acceptors (Lipinski definition) is 0. The number of aryl methyl sites for hydroxylation is 3. The van der Waals surface area contributed by atoms with Crippen molar-refractivity contribution in [3.63, 3.8) is 0 Å². The minimum atomic E-state index is -0.140. The summed E-state index contributed by atoms with van der Waals surface area (Å²) in [5, 5.41) is 0.754. The third kappa shape index (κ3) is 2.85. The van der Waals surface area contributed by atoms with E-state index in [4.69, 9.17) is 11.6 Å². The van der Waals surface area contributed by atoms with Crippen molar-refractivity contribution in [2.45, 2.75) is 25.6 Å². The lowest BCUT2D eigenvalue weighted by Gasteiger charge is -2.16. The molecule has 0 aliphatic carbocycles. The van der Waals surface area contributed by atoms with Crippen molar-refractivity contribution in [1.29, 1.82) is 0 Å². The van der Waals surface area contributed by atoms with Gasteiger partial charge < -0.3 is 0 Å². The molecule has 1 atom stereocenters. The Morgan fingerprint density at radius 3 is 2.21 bits per heavy atom. The van der Waals surface area contributed by atoms with Crippen LogP contribution >= 0.6 is 27.5 Å². The summed E-state index contributed by atoms with van der Waals surface area (Å²) in [5.74, 6) is -0.140. The Kier molecular flexibility index (Phi) is 4.32. The van der Waals surface area contributed by atoms with E-state index in [1.807, 2.05) is 37.3 Å². The van der Waals surface area contributed by atoms with E-state index in [-0.39, 0.29) is 10.6 Å². The fourth-order valence-electron chi connectivity index (χ4n) is 2.17. The lowest BCUT2D eigenvalue weighted by molar-refractivity contribution is 0.608. The molecule has 0 radical (unpaired) electrons. The van der Waals surface area contributed by atoms with E-state index in [2.05, 4.69) is 15.9 Å². The number of alkyl halides is 1. The minimum absolute atomic E-state index is 0.0297. The van der Waals surface area contributed by atoms with Crippen LogP contribution in [0.25, 0.3) is 0 Å². The monoisotopic (exact) mass is 340 g/mol. The van der Waals surface area contributed by atoms with Gasteiger partial charge in [-0.15, -0.1) is 0 Å². The first-order chi connectivity index (χ1) is 8.91. The first kappa shape index (κ1) is 14.5. The summed E-state index contributed by atoms with van der Waals surface area (Å²) in [6.07, 6.45) is 0. The van der Waals surface area contributed by atoms with E-state index >= 15 is 0 Å². The molecule has 100 valence electrons. The van der Waals surface area contributed by atoms with Gasteiger partial charge in [0.15, 0.2) is 0 Å². The molecule has 19 heavy (non-hydrogen) atoms. The molecule has 0 saturated heterocycles. The van der Waals surface area contributed by atoms with Crippen LogP contribution in [0.2, 0.25) is 5.02 Å². The fourth-order valence-corrected chi connectivity index (χ4v) is 3.18. The molecule has 1 unspecified atom stereocenters. The normalized spacial score (nSPS) is 12.5. The highest BCUT2D eigenvalue weighted by atomic mass is 79.9. The summed E-state index contributed by atoms with van der Waals surface area (Å²) < 4.78 is 13.7. The van der Waals surface area contributed by atoms with Crippen molar-refractivity contribution >= 4 is 27.5 Å². The van der Waals surface area contributed by atoms with Crippen molar-refractivity contribution in [3.8, 4) is 0 Å². The molecule has 0 amide bonds. The largest absolute Gasteiger partial charge is 0.206 e. The van der Waals surface area contributed by atoms with Gasteiger partial charge >= 0.3 is 0 Å². The van der Waals surface area contributed by atoms with Gasteiger partial charge in [0.1, 0.15) is 5.82 Å². The molecule has 0 bridgehead atoms. The van der Waals surface area contributed by atoms with Gasteiger partial charge in [0.25, 0.3) is 0 Å². The highest BCUT2D eigenvalue weighted by molar-refractivity contribution is 9.09. The molecule has 0 N–H and O–H groups in total. The van der Waals surface area contributed by atoms with Gasteiger partial charge in [-0.1, -0.05) is 57.9 Å². The summed E-state index contributed by atoms with van der Waals surface area (Å²) in [6.45, 7) is 5.54. The Labute approximate surface area is 126 Å². The van der Waals surface area contributed by atoms with E-state index in [9.17, 15) is 4.39 Å². The van der Waals surface area contributed by atoms with Crippen molar-refractivity contribution in [1.82, 2.24) is 0 Å². The van der Waals surface area contributed by atoms with Crippen LogP contribution < -0.4 is 0 Å². The Bertz CT molecular complexity index is 599.